The van der Waals surface area contributed by atoms with E-state index in [4.69, 9.17) is 11.6 Å². The number of carbonyl (C=O) groups is 1. The molecule has 0 atom stereocenters. The Bertz CT molecular complexity index is 689. The lowest BCUT2D eigenvalue weighted by molar-refractivity contribution is 0.104. The molecular formula is C15H8ClFOS. The lowest BCUT2D eigenvalue weighted by Gasteiger charge is -2.01. The number of hydrogen-bond acceptors (Lipinski definition) is 2. The van der Waals surface area contributed by atoms with Crippen LogP contribution in [0.15, 0.2) is 52.3 Å². The molecule has 4 heteroatoms. The molecular weight excluding hydrogens is 283 g/mol. The van der Waals surface area contributed by atoms with Gasteiger partial charge >= 0.3 is 0 Å². The molecule has 0 spiro atoms. The van der Waals surface area contributed by atoms with Crippen LogP contribution < -0.4 is 0 Å². The fraction of sp³-hybridized carbons (Fsp3) is 0. The van der Waals surface area contributed by atoms with E-state index in [9.17, 15) is 9.18 Å². The smallest absolute Gasteiger partial charge is 0.200 e. The van der Waals surface area contributed by atoms with Crippen LogP contribution in [0.1, 0.15) is 15.9 Å². The summed E-state index contributed by atoms with van der Waals surface area (Å²) in [5.74, 6) is -0.510. The van der Waals surface area contributed by atoms with Crippen molar-refractivity contribution in [3.05, 3.63) is 69.3 Å². The molecule has 0 radical (unpaired) electrons. The van der Waals surface area contributed by atoms with Gasteiger partial charge in [0.2, 0.25) is 5.78 Å². The maximum absolute atomic E-state index is 13.7. The molecule has 94 valence electrons. The minimum Gasteiger partial charge on any atom is -0.288 e. The first-order valence-corrected chi connectivity index (χ1v) is 6.83. The van der Waals surface area contributed by atoms with Gasteiger partial charge in [0, 0.05) is 16.0 Å². The van der Waals surface area contributed by atoms with Gasteiger partial charge in [0.05, 0.1) is 9.93 Å². The van der Waals surface area contributed by atoms with E-state index in [2.05, 4.69) is 0 Å². The van der Waals surface area contributed by atoms with Crippen LogP contribution in [0, 0.1) is 5.82 Å². The Morgan fingerprint density at radius 2 is 1.89 bits per heavy atom. The highest BCUT2D eigenvalue weighted by Crippen LogP contribution is 2.41. The molecule has 2 aromatic carbocycles. The second kappa shape index (κ2) is 4.83. The number of rotatable bonds is 1. The average Bonchev–Trinajstić information content (AvgIpc) is 2.72. The predicted octanol–water partition coefficient (Wildman–Crippen LogP) is 4.81. The number of benzene rings is 2. The molecule has 3 rings (SSSR count). The minimum absolute atomic E-state index is 0.0834. The van der Waals surface area contributed by atoms with Crippen LogP contribution in [0.3, 0.4) is 0 Å². The van der Waals surface area contributed by atoms with Crippen LogP contribution in [0.4, 0.5) is 4.39 Å². The highest BCUT2D eigenvalue weighted by atomic mass is 35.5. The molecule has 0 amide bonds. The fourth-order valence-corrected chi connectivity index (χ4v) is 3.17. The Hall–Kier alpha value is -1.58. The quantitative estimate of drug-likeness (QED) is 0.701. The Kier molecular flexibility index (Phi) is 3.17. The third-order valence-electron chi connectivity index (χ3n) is 2.85. The van der Waals surface area contributed by atoms with E-state index in [1.807, 2.05) is 18.2 Å². The van der Waals surface area contributed by atoms with Crippen molar-refractivity contribution in [2.75, 3.05) is 0 Å². The molecule has 0 saturated carbocycles. The van der Waals surface area contributed by atoms with Gasteiger partial charge in [-0.2, -0.15) is 0 Å². The molecule has 0 aliphatic carbocycles. The first kappa shape index (κ1) is 12.5. The van der Waals surface area contributed by atoms with E-state index >= 15 is 0 Å². The molecule has 1 nitrogen and oxygen atoms in total. The summed E-state index contributed by atoms with van der Waals surface area (Å²) in [5.41, 5.74) is 0.916. The van der Waals surface area contributed by atoms with E-state index in [0.29, 0.717) is 15.5 Å². The van der Waals surface area contributed by atoms with Gasteiger partial charge in [-0.1, -0.05) is 41.6 Å². The second-order valence-corrected chi connectivity index (χ2v) is 5.56. The molecule has 1 aliphatic rings. The number of carbonyl (C=O) groups excluding carboxylic acids is 1. The van der Waals surface area contributed by atoms with E-state index in [-0.39, 0.29) is 11.3 Å². The summed E-state index contributed by atoms with van der Waals surface area (Å²) in [4.78, 5) is 13.6. The van der Waals surface area contributed by atoms with Crippen molar-refractivity contribution in [1.82, 2.24) is 0 Å². The minimum atomic E-state index is -0.427. The molecule has 0 unspecified atom stereocenters. The van der Waals surface area contributed by atoms with Crippen molar-refractivity contribution in [3.63, 3.8) is 0 Å². The lowest BCUT2D eigenvalue weighted by Crippen LogP contribution is -1.94. The molecule has 0 bridgehead atoms. The zero-order chi connectivity index (χ0) is 13.4. The number of allylic oxidation sites excluding steroid dienone is 1. The van der Waals surface area contributed by atoms with E-state index in [0.717, 1.165) is 4.90 Å². The van der Waals surface area contributed by atoms with Gasteiger partial charge in [-0.05, 0) is 30.3 Å². The van der Waals surface area contributed by atoms with Crippen molar-refractivity contribution in [2.24, 2.45) is 0 Å². The van der Waals surface area contributed by atoms with Gasteiger partial charge < -0.3 is 0 Å². The van der Waals surface area contributed by atoms with Crippen LogP contribution in [0.5, 0.6) is 0 Å². The average molecular weight is 291 g/mol. The predicted molar refractivity (Wildman–Crippen MR) is 76.0 cm³/mol. The van der Waals surface area contributed by atoms with Gasteiger partial charge in [-0.25, -0.2) is 4.39 Å². The SMILES string of the molecule is O=C1C(=Cc2c(F)cccc2Cl)Sc2ccccc21. The maximum Gasteiger partial charge on any atom is 0.200 e. The molecule has 0 fully saturated rings. The number of halogens is 2. The van der Waals surface area contributed by atoms with E-state index in [1.54, 1.807) is 12.1 Å². The number of Topliss-reactive ketones (excluding diaryl/α,β-unsaturated/α-hetero) is 1. The fourth-order valence-electron chi connectivity index (χ4n) is 1.92. The largest absolute Gasteiger partial charge is 0.288 e. The van der Waals surface area contributed by atoms with Crippen LogP contribution in [-0.4, -0.2) is 5.78 Å². The normalized spacial score (nSPS) is 15.9. The number of ketones is 1. The Morgan fingerprint density at radius 1 is 1.11 bits per heavy atom. The van der Waals surface area contributed by atoms with Gasteiger partial charge in [0.15, 0.2) is 0 Å². The van der Waals surface area contributed by atoms with Crippen LogP contribution in [0.2, 0.25) is 5.02 Å². The second-order valence-electron chi connectivity index (χ2n) is 4.07. The number of hydrogen-bond donors (Lipinski definition) is 0. The molecule has 1 aliphatic heterocycles. The standard InChI is InChI=1S/C15H8ClFOS/c16-11-5-3-6-12(17)10(11)8-14-15(18)9-4-1-2-7-13(9)19-14/h1-8H. The molecule has 0 aromatic heterocycles. The van der Waals surface area contributed by atoms with Crippen LogP contribution in [0.25, 0.3) is 6.08 Å². The molecule has 2 aromatic rings. The summed E-state index contributed by atoms with van der Waals surface area (Å²) in [6.45, 7) is 0. The zero-order valence-electron chi connectivity index (χ0n) is 9.69. The summed E-state index contributed by atoms with van der Waals surface area (Å²) in [5, 5.41) is 0.303. The third-order valence-corrected chi connectivity index (χ3v) is 4.28. The number of thioether (sulfide) groups is 1. The monoisotopic (exact) mass is 290 g/mol. The summed E-state index contributed by atoms with van der Waals surface area (Å²) in [6.07, 6.45) is 1.52. The highest BCUT2D eigenvalue weighted by Gasteiger charge is 2.25. The first-order chi connectivity index (χ1) is 9.16. The molecule has 0 saturated heterocycles. The Labute approximate surface area is 119 Å². The van der Waals surface area contributed by atoms with Gasteiger partial charge in [0.1, 0.15) is 5.82 Å². The Balaban J connectivity index is 2.06. The van der Waals surface area contributed by atoms with E-state index in [1.165, 1.54) is 30.0 Å². The van der Waals surface area contributed by atoms with Crippen molar-refractivity contribution in [3.8, 4) is 0 Å². The van der Waals surface area contributed by atoms with Gasteiger partial charge in [-0.15, -0.1) is 0 Å². The van der Waals surface area contributed by atoms with Crippen LogP contribution >= 0.6 is 23.4 Å². The highest BCUT2D eigenvalue weighted by molar-refractivity contribution is 8.04. The Morgan fingerprint density at radius 3 is 2.63 bits per heavy atom. The summed E-state index contributed by atoms with van der Waals surface area (Å²) < 4.78 is 13.7. The van der Waals surface area contributed by atoms with Crippen molar-refractivity contribution >= 4 is 35.2 Å². The summed E-state index contributed by atoms with van der Waals surface area (Å²) in [7, 11) is 0. The lowest BCUT2D eigenvalue weighted by atomic mass is 10.1. The molecule has 1 heterocycles. The van der Waals surface area contributed by atoms with Gasteiger partial charge in [0.25, 0.3) is 0 Å². The molecule has 19 heavy (non-hydrogen) atoms. The summed E-state index contributed by atoms with van der Waals surface area (Å²) in [6, 6.07) is 11.8. The van der Waals surface area contributed by atoms with Crippen molar-refractivity contribution < 1.29 is 9.18 Å². The van der Waals surface area contributed by atoms with Crippen molar-refractivity contribution in [2.45, 2.75) is 4.90 Å². The molecule has 0 N–H and O–H groups in total. The summed E-state index contributed by atoms with van der Waals surface area (Å²) >= 11 is 7.30. The zero-order valence-corrected chi connectivity index (χ0v) is 11.3. The third kappa shape index (κ3) is 2.20. The first-order valence-electron chi connectivity index (χ1n) is 5.64. The van der Waals surface area contributed by atoms with Crippen LogP contribution in [-0.2, 0) is 0 Å². The van der Waals surface area contributed by atoms with E-state index < -0.39 is 5.82 Å². The topological polar surface area (TPSA) is 17.1 Å². The maximum atomic E-state index is 13.7. The van der Waals surface area contributed by atoms with Crippen molar-refractivity contribution in [1.29, 1.82) is 0 Å². The number of fused-ring (bicyclic) bond motifs is 1. The van der Waals surface area contributed by atoms with Gasteiger partial charge in [-0.3, -0.25) is 4.79 Å².